The normalized spacial score (nSPS) is 14.5. The van der Waals surface area contributed by atoms with Crippen molar-refractivity contribution in [1.82, 2.24) is 19.4 Å². The quantitative estimate of drug-likeness (QED) is 0.220. The summed E-state index contributed by atoms with van der Waals surface area (Å²) in [5.41, 5.74) is 6.13. The third-order valence-electron chi connectivity index (χ3n) is 7.69. The van der Waals surface area contributed by atoms with Crippen molar-refractivity contribution in [3.8, 4) is 11.3 Å². The molecule has 1 aliphatic rings. The summed E-state index contributed by atoms with van der Waals surface area (Å²) in [6, 6.07) is 12.6. The summed E-state index contributed by atoms with van der Waals surface area (Å²) in [4.78, 5) is 18.3. The van der Waals surface area contributed by atoms with Gasteiger partial charge in [0.2, 0.25) is 0 Å². The van der Waals surface area contributed by atoms with Gasteiger partial charge in [0.1, 0.15) is 5.69 Å². The molecule has 0 N–H and O–H groups in total. The molecule has 1 aromatic carbocycles. The van der Waals surface area contributed by atoms with Crippen LogP contribution in [-0.2, 0) is 0 Å². The first-order chi connectivity index (χ1) is 18.6. The van der Waals surface area contributed by atoms with Gasteiger partial charge >= 0.3 is 0 Å². The summed E-state index contributed by atoms with van der Waals surface area (Å²) in [5, 5.41) is 4.97. The molecule has 0 aliphatic carbocycles. The molecule has 5 nitrogen and oxygen atoms in total. The topological polar surface area (TPSA) is 40.9 Å². The van der Waals surface area contributed by atoms with Crippen molar-refractivity contribution in [3.05, 3.63) is 65.4 Å². The molecule has 0 atom stereocenters. The second-order valence-corrected chi connectivity index (χ2v) is 10.8. The molecule has 4 rings (SSSR count). The molecule has 1 saturated heterocycles. The predicted molar refractivity (Wildman–Crippen MR) is 160 cm³/mol. The van der Waals surface area contributed by atoms with E-state index >= 15 is 0 Å². The van der Waals surface area contributed by atoms with Crippen LogP contribution in [-0.4, -0.2) is 58.0 Å². The smallest absolute Gasteiger partial charge is 0.253 e. The molecular formula is C33H46N4O. The SMILES string of the molecule is CCCCCN(CCCCC)C(=O)c1ccn2nc(-c3ccc(C)cc3)c(C=CCN3CCCCC3)c2c1. The minimum atomic E-state index is 0.140. The Morgan fingerprint density at radius 1 is 0.947 bits per heavy atom. The second kappa shape index (κ2) is 14.3. The number of carbonyl (C=O) groups is 1. The molecule has 3 heterocycles. The summed E-state index contributed by atoms with van der Waals surface area (Å²) in [6.07, 6.45) is 17.1. The van der Waals surface area contributed by atoms with E-state index in [1.165, 1.54) is 37.9 Å². The fourth-order valence-electron chi connectivity index (χ4n) is 5.35. The summed E-state index contributed by atoms with van der Waals surface area (Å²) in [5.74, 6) is 0.140. The van der Waals surface area contributed by atoms with E-state index in [1.54, 1.807) is 0 Å². The van der Waals surface area contributed by atoms with E-state index in [-0.39, 0.29) is 5.91 Å². The van der Waals surface area contributed by atoms with Gasteiger partial charge in [0.25, 0.3) is 5.91 Å². The fourth-order valence-corrected chi connectivity index (χ4v) is 5.35. The zero-order valence-electron chi connectivity index (χ0n) is 23.8. The highest BCUT2D eigenvalue weighted by Gasteiger charge is 2.19. The van der Waals surface area contributed by atoms with Crippen LogP contribution in [0.15, 0.2) is 48.7 Å². The average Bonchev–Trinajstić information content (AvgIpc) is 3.30. The van der Waals surface area contributed by atoms with Gasteiger partial charge in [-0.2, -0.15) is 5.10 Å². The van der Waals surface area contributed by atoms with Crippen molar-refractivity contribution in [2.45, 2.75) is 78.6 Å². The van der Waals surface area contributed by atoms with Crippen LogP contribution in [0.4, 0.5) is 0 Å². The first-order valence-electron chi connectivity index (χ1n) is 14.9. The third kappa shape index (κ3) is 7.35. The van der Waals surface area contributed by atoms with Crippen LogP contribution >= 0.6 is 0 Å². The Bertz CT molecular complexity index is 1180. The standard InChI is InChI=1S/C33H46N4O/c1-4-6-9-23-36(24-10-7-5-2)33(38)29-19-25-37-31(26-29)30(14-13-22-35-20-11-8-12-21-35)32(34-37)28-17-15-27(3)16-18-28/h13-19,25-26H,4-12,20-24H2,1-3H3. The number of fused-ring (bicyclic) bond motifs is 1. The lowest BCUT2D eigenvalue weighted by atomic mass is 10.0. The largest absolute Gasteiger partial charge is 0.339 e. The van der Waals surface area contributed by atoms with Gasteiger partial charge < -0.3 is 4.90 Å². The van der Waals surface area contributed by atoms with Crippen LogP contribution in [0.2, 0.25) is 0 Å². The molecule has 0 unspecified atom stereocenters. The van der Waals surface area contributed by atoms with Gasteiger partial charge in [-0.3, -0.25) is 9.69 Å². The number of amides is 1. The molecule has 0 saturated carbocycles. The van der Waals surface area contributed by atoms with Gasteiger partial charge in [-0.25, -0.2) is 4.52 Å². The Morgan fingerprint density at radius 2 is 1.63 bits per heavy atom. The number of likely N-dealkylation sites (tertiary alicyclic amines) is 1. The van der Waals surface area contributed by atoms with Crippen molar-refractivity contribution in [3.63, 3.8) is 0 Å². The Morgan fingerprint density at radius 3 is 2.29 bits per heavy atom. The van der Waals surface area contributed by atoms with E-state index in [9.17, 15) is 4.79 Å². The maximum atomic E-state index is 13.7. The summed E-state index contributed by atoms with van der Waals surface area (Å²) >= 11 is 0. The van der Waals surface area contributed by atoms with Crippen LogP contribution in [0, 0.1) is 6.92 Å². The molecule has 0 radical (unpaired) electrons. The van der Waals surface area contributed by atoms with Gasteiger partial charge in [0.15, 0.2) is 0 Å². The van der Waals surface area contributed by atoms with Crippen molar-refractivity contribution in [2.24, 2.45) is 0 Å². The number of unbranched alkanes of at least 4 members (excludes halogenated alkanes) is 4. The maximum Gasteiger partial charge on any atom is 0.253 e. The van der Waals surface area contributed by atoms with E-state index in [0.717, 1.165) is 86.1 Å². The Labute approximate surface area is 229 Å². The van der Waals surface area contributed by atoms with Gasteiger partial charge in [-0.15, -0.1) is 0 Å². The number of nitrogens with zero attached hydrogens (tertiary/aromatic N) is 4. The highest BCUT2D eigenvalue weighted by atomic mass is 16.2. The Hall–Kier alpha value is -2.92. The lowest BCUT2D eigenvalue weighted by Gasteiger charge is -2.24. The van der Waals surface area contributed by atoms with E-state index < -0.39 is 0 Å². The number of hydrogen-bond donors (Lipinski definition) is 0. The Kier molecular flexibility index (Phi) is 10.6. The molecule has 204 valence electrons. The Balaban J connectivity index is 1.66. The van der Waals surface area contributed by atoms with E-state index in [0.29, 0.717) is 0 Å². The molecule has 1 amide bonds. The first kappa shape index (κ1) is 28.1. The van der Waals surface area contributed by atoms with Crippen LogP contribution < -0.4 is 0 Å². The number of carbonyl (C=O) groups excluding carboxylic acids is 1. The molecule has 38 heavy (non-hydrogen) atoms. The highest BCUT2D eigenvalue weighted by Crippen LogP contribution is 2.29. The molecule has 2 aromatic heterocycles. The number of benzene rings is 1. The zero-order valence-corrected chi connectivity index (χ0v) is 23.8. The summed E-state index contributed by atoms with van der Waals surface area (Å²) in [6.45, 7) is 11.5. The fraction of sp³-hybridized carbons (Fsp3) is 0.515. The van der Waals surface area contributed by atoms with E-state index in [1.807, 2.05) is 16.8 Å². The lowest BCUT2D eigenvalue weighted by molar-refractivity contribution is 0.0749. The number of aromatic nitrogens is 2. The third-order valence-corrected chi connectivity index (χ3v) is 7.69. The van der Waals surface area contributed by atoms with Crippen molar-refractivity contribution in [2.75, 3.05) is 32.7 Å². The molecule has 0 bridgehead atoms. The van der Waals surface area contributed by atoms with Gasteiger partial charge in [-0.05, 0) is 57.8 Å². The lowest BCUT2D eigenvalue weighted by Crippen LogP contribution is -2.33. The predicted octanol–water partition coefficient (Wildman–Crippen LogP) is 7.63. The minimum absolute atomic E-state index is 0.140. The van der Waals surface area contributed by atoms with Crippen LogP contribution in [0.3, 0.4) is 0 Å². The van der Waals surface area contributed by atoms with Gasteiger partial charge in [-0.1, -0.05) is 87.9 Å². The van der Waals surface area contributed by atoms with Gasteiger partial charge in [0, 0.05) is 42.5 Å². The number of rotatable bonds is 13. The monoisotopic (exact) mass is 514 g/mol. The average molecular weight is 515 g/mol. The molecule has 3 aromatic rings. The number of aryl methyl sites for hydroxylation is 1. The molecular weight excluding hydrogens is 468 g/mol. The maximum absolute atomic E-state index is 13.7. The van der Waals surface area contributed by atoms with Crippen molar-refractivity contribution >= 4 is 17.5 Å². The number of pyridine rings is 1. The summed E-state index contributed by atoms with van der Waals surface area (Å²) < 4.78 is 1.94. The van der Waals surface area contributed by atoms with E-state index in [2.05, 4.69) is 73.1 Å². The second-order valence-electron chi connectivity index (χ2n) is 10.8. The van der Waals surface area contributed by atoms with E-state index in [4.69, 9.17) is 5.10 Å². The molecule has 5 heteroatoms. The molecule has 1 fully saturated rings. The molecule has 1 aliphatic heterocycles. The van der Waals surface area contributed by atoms with Crippen LogP contribution in [0.1, 0.15) is 93.1 Å². The number of piperidine rings is 1. The van der Waals surface area contributed by atoms with Crippen LogP contribution in [0.5, 0.6) is 0 Å². The van der Waals surface area contributed by atoms with Crippen molar-refractivity contribution < 1.29 is 4.79 Å². The first-order valence-corrected chi connectivity index (χ1v) is 14.9. The number of hydrogen-bond acceptors (Lipinski definition) is 3. The van der Waals surface area contributed by atoms with Crippen molar-refractivity contribution in [1.29, 1.82) is 0 Å². The minimum Gasteiger partial charge on any atom is -0.339 e. The van der Waals surface area contributed by atoms with Gasteiger partial charge in [0.05, 0.1) is 5.52 Å². The zero-order chi connectivity index (χ0) is 26.7. The van der Waals surface area contributed by atoms with Crippen LogP contribution in [0.25, 0.3) is 22.9 Å². The highest BCUT2D eigenvalue weighted by molar-refractivity contribution is 5.96. The summed E-state index contributed by atoms with van der Waals surface area (Å²) in [7, 11) is 0. The molecule has 0 spiro atoms.